The van der Waals surface area contributed by atoms with Crippen LogP contribution in [-0.4, -0.2) is 16.9 Å². The van der Waals surface area contributed by atoms with E-state index in [9.17, 15) is 9.18 Å². The smallest absolute Gasteiger partial charge is 0.273 e. The average Bonchev–Trinajstić information content (AvgIpc) is 2.58. The molecule has 1 saturated carbocycles. The minimum Gasteiger partial charge on any atom is -0.348 e. The molecular weight excluding hydrogens is 219 g/mol. The first-order valence-electron chi connectivity index (χ1n) is 6.19. The number of pyridine rings is 1. The van der Waals surface area contributed by atoms with E-state index in [1.165, 1.54) is 31.2 Å². The molecule has 4 heteroatoms. The molecule has 1 amide bonds. The van der Waals surface area contributed by atoms with Crippen LogP contribution in [-0.2, 0) is 0 Å². The number of hydrogen-bond donors (Lipinski definition) is 1. The number of carbonyl (C=O) groups excluding carboxylic acids is 1. The summed E-state index contributed by atoms with van der Waals surface area (Å²) in [6, 6.07) is 2.92. The van der Waals surface area contributed by atoms with Gasteiger partial charge in [0.1, 0.15) is 0 Å². The lowest BCUT2D eigenvalue weighted by atomic mass is 10.1. The molecular formula is C13H17FN2O. The molecule has 0 aromatic carbocycles. The SMILES string of the molecule is O=C(NC1CCCCCC1)c1ncccc1F. The Kier molecular flexibility index (Phi) is 4.07. The molecule has 1 N–H and O–H groups in total. The van der Waals surface area contributed by atoms with Crippen molar-refractivity contribution in [1.82, 2.24) is 10.3 Å². The summed E-state index contributed by atoms with van der Waals surface area (Å²) in [5.41, 5.74) is -0.100. The van der Waals surface area contributed by atoms with Crippen LogP contribution in [0.5, 0.6) is 0 Å². The van der Waals surface area contributed by atoms with Gasteiger partial charge in [-0.1, -0.05) is 25.7 Å². The fourth-order valence-corrected chi connectivity index (χ4v) is 2.23. The van der Waals surface area contributed by atoms with Gasteiger partial charge in [-0.25, -0.2) is 9.37 Å². The molecule has 0 spiro atoms. The molecule has 1 aromatic heterocycles. The Labute approximate surface area is 100 Å². The number of nitrogens with one attached hydrogen (secondary N) is 1. The third-order valence-electron chi connectivity index (χ3n) is 3.16. The average molecular weight is 236 g/mol. The van der Waals surface area contributed by atoms with Gasteiger partial charge in [0.05, 0.1) is 0 Å². The summed E-state index contributed by atoms with van der Waals surface area (Å²) in [6.07, 6.45) is 8.13. The lowest BCUT2D eigenvalue weighted by Crippen LogP contribution is -2.35. The van der Waals surface area contributed by atoms with E-state index < -0.39 is 11.7 Å². The molecule has 1 heterocycles. The van der Waals surface area contributed by atoms with Gasteiger partial charge in [-0.2, -0.15) is 0 Å². The lowest BCUT2D eigenvalue weighted by molar-refractivity contribution is 0.0924. The third-order valence-corrected chi connectivity index (χ3v) is 3.16. The Morgan fingerprint density at radius 3 is 2.65 bits per heavy atom. The van der Waals surface area contributed by atoms with Crippen LogP contribution in [0.2, 0.25) is 0 Å². The van der Waals surface area contributed by atoms with Crippen molar-refractivity contribution >= 4 is 5.91 Å². The van der Waals surface area contributed by atoms with Crippen molar-refractivity contribution in [3.63, 3.8) is 0 Å². The molecule has 0 unspecified atom stereocenters. The molecule has 0 bridgehead atoms. The Hall–Kier alpha value is -1.45. The normalized spacial score (nSPS) is 17.5. The van der Waals surface area contributed by atoms with Gasteiger partial charge in [0.15, 0.2) is 11.5 Å². The molecule has 0 saturated heterocycles. The summed E-state index contributed by atoms with van der Waals surface area (Å²) in [4.78, 5) is 15.6. The van der Waals surface area contributed by atoms with Gasteiger partial charge in [-0.3, -0.25) is 4.79 Å². The van der Waals surface area contributed by atoms with E-state index >= 15 is 0 Å². The van der Waals surface area contributed by atoms with Crippen LogP contribution >= 0.6 is 0 Å². The summed E-state index contributed by atoms with van der Waals surface area (Å²) in [6.45, 7) is 0. The molecule has 92 valence electrons. The number of rotatable bonds is 2. The van der Waals surface area contributed by atoms with Crippen LogP contribution in [0.4, 0.5) is 4.39 Å². The monoisotopic (exact) mass is 236 g/mol. The van der Waals surface area contributed by atoms with Crippen LogP contribution in [0.15, 0.2) is 18.3 Å². The Bertz CT molecular complexity index is 387. The second-order valence-electron chi connectivity index (χ2n) is 4.50. The molecule has 1 aliphatic carbocycles. The number of hydrogen-bond acceptors (Lipinski definition) is 2. The van der Waals surface area contributed by atoms with Gasteiger partial charge in [0, 0.05) is 12.2 Å². The molecule has 1 aliphatic rings. The van der Waals surface area contributed by atoms with Crippen molar-refractivity contribution in [3.05, 3.63) is 29.8 Å². The zero-order chi connectivity index (χ0) is 12.1. The van der Waals surface area contributed by atoms with E-state index in [0.717, 1.165) is 25.7 Å². The van der Waals surface area contributed by atoms with Crippen molar-refractivity contribution in [2.24, 2.45) is 0 Å². The minimum atomic E-state index is -0.557. The van der Waals surface area contributed by atoms with Crippen molar-refractivity contribution in [2.75, 3.05) is 0 Å². The number of halogens is 1. The minimum absolute atomic E-state index is 0.100. The zero-order valence-corrected chi connectivity index (χ0v) is 9.79. The highest BCUT2D eigenvalue weighted by molar-refractivity contribution is 5.92. The summed E-state index contributed by atoms with van der Waals surface area (Å²) >= 11 is 0. The quantitative estimate of drug-likeness (QED) is 0.802. The van der Waals surface area contributed by atoms with E-state index in [-0.39, 0.29) is 11.7 Å². The molecule has 1 fully saturated rings. The van der Waals surface area contributed by atoms with Crippen molar-refractivity contribution < 1.29 is 9.18 Å². The number of aromatic nitrogens is 1. The molecule has 0 radical (unpaired) electrons. The molecule has 1 aromatic rings. The second kappa shape index (κ2) is 5.75. The van der Waals surface area contributed by atoms with Crippen LogP contribution in [0.25, 0.3) is 0 Å². The Morgan fingerprint density at radius 1 is 1.29 bits per heavy atom. The van der Waals surface area contributed by atoms with Gasteiger partial charge in [-0.15, -0.1) is 0 Å². The fourth-order valence-electron chi connectivity index (χ4n) is 2.23. The highest BCUT2D eigenvalue weighted by atomic mass is 19.1. The number of amides is 1. The first-order valence-corrected chi connectivity index (χ1v) is 6.19. The molecule has 2 rings (SSSR count). The van der Waals surface area contributed by atoms with Crippen molar-refractivity contribution in [1.29, 1.82) is 0 Å². The summed E-state index contributed by atoms with van der Waals surface area (Å²) in [7, 11) is 0. The van der Waals surface area contributed by atoms with E-state index in [1.54, 1.807) is 0 Å². The van der Waals surface area contributed by atoms with E-state index in [1.807, 2.05) is 0 Å². The largest absolute Gasteiger partial charge is 0.348 e. The molecule has 3 nitrogen and oxygen atoms in total. The van der Waals surface area contributed by atoms with Gasteiger partial charge < -0.3 is 5.32 Å². The maximum absolute atomic E-state index is 13.4. The topological polar surface area (TPSA) is 42.0 Å². The predicted molar refractivity (Wildman–Crippen MR) is 63.2 cm³/mol. The number of nitrogens with zero attached hydrogens (tertiary/aromatic N) is 1. The summed E-state index contributed by atoms with van der Waals surface area (Å²) in [5.74, 6) is -0.950. The van der Waals surface area contributed by atoms with Crippen LogP contribution < -0.4 is 5.32 Å². The maximum Gasteiger partial charge on any atom is 0.273 e. The van der Waals surface area contributed by atoms with E-state index in [0.29, 0.717) is 0 Å². The Morgan fingerprint density at radius 2 is 2.00 bits per heavy atom. The van der Waals surface area contributed by atoms with Gasteiger partial charge in [0.25, 0.3) is 5.91 Å². The highest BCUT2D eigenvalue weighted by Gasteiger charge is 2.18. The van der Waals surface area contributed by atoms with Gasteiger partial charge in [-0.05, 0) is 25.0 Å². The van der Waals surface area contributed by atoms with Crippen LogP contribution in [0.1, 0.15) is 49.0 Å². The Balaban J connectivity index is 1.98. The van der Waals surface area contributed by atoms with Crippen molar-refractivity contribution in [3.8, 4) is 0 Å². The molecule has 17 heavy (non-hydrogen) atoms. The number of carbonyl (C=O) groups is 1. The van der Waals surface area contributed by atoms with Gasteiger partial charge >= 0.3 is 0 Å². The van der Waals surface area contributed by atoms with Crippen LogP contribution in [0, 0.1) is 5.82 Å². The molecule has 0 atom stereocenters. The first kappa shape index (κ1) is 12.0. The second-order valence-corrected chi connectivity index (χ2v) is 4.50. The first-order chi connectivity index (χ1) is 8.27. The van der Waals surface area contributed by atoms with Crippen LogP contribution in [0.3, 0.4) is 0 Å². The standard InChI is InChI=1S/C13H17FN2O/c14-11-8-5-9-15-12(11)13(17)16-10-6-3-1-2-4-7-10/h5,8-10H,1-4,6-7H2,(H,16,17). The summed E-state index contributed by atoms with van der Waals surface area (Å²) < 4.78 is 13.4. The summed E-state index contributed by atoms with van der Waals surface area (Å²) in [5, 5.41) is 2.87. The fraction of sp³-hybridized carbons (Fsp3) is 0.538. The third kappa shape index (κ3) is 3.25. The van der Waals surface area contributed by atoms with Gasteiger partial charge in [0.2, 0.25) is 0 Å². The van der Waals surface area contributed by atoms with Crippen molar-refractivity contribution in [2.45, 2.75) is 44.6 Å². The van der Waals surface area contributed by atoms with E-state index in [4.69, 9.17) is 0 Å². The lowest BCUT2D eigenvalue weighted by Gasteiger charge is -2.15. The highest BCUT2D eigenvalue weighted by Crippen LogP contribution is 2.17. The zero-order valence-electron chi connectivity index (χ0n) is 9.79. The molecule has 0 aliphatic heterocycles. The van der Waals surface area contributed by atoms with E-state index in [2.05, 4.69) is 10.3 Å². The predicted octanol–water partition coefficient (Wildman–Crippen LogP) is 2.67. The maximum atomic E-state index is 13.4.